The molecule has 0 fully saturated rings. The molecule has 2 heterocycles. The lowest BCUT2D eigenvalue weighted by Crippen LogP contribution is -2.22. The van der Waals surface area contributed by atoms with Crippen LogP contribution in [0.2, 0.25) is 0 Å². The average Bonchev–Trinajstić information content (AvgIpc) is 3.07. The molecule has 104 valence electrons. The summed E-state index contributed by atoms with van der Waals surface area (Å²) < 4.78 is 7.85. The van der Waals surface area contributed by atoms with Crippen LogP contribution in [0.5, 0.6) is 5.75 Å². The molecule has 0 N–H and O–H groups in total. The third-order valence-electron chi connectivity index (χ3n) is 3.88. The molecule has 1 aromatic carbocycles. The van der Waals surface area contributed by atoms with Crippen molar-refractivity contribution < 1.29 is 4.74 Å². The van der Waals surface area contributed by atoms with E-state index in [0.717, 1.165) is 31.0 Å². The first kappa shape index (κ1) is 13.0. The fraction of sp³-hybridized carbons (Fsp3) is 0.353. The molecule has 20 heavy (non-hydrogen) atoms. The highest BCUT2D eigenvalue weighted by Crippen LogP contribution is 2.34. The lowest BCUT2D eigenvalue weighted by molar-refractivity contribution is 0.357. The molecule has 0 unspecified atom stereocenters. The molecule has 0 amide bonds. The summed E-state index contributed by atoms with van der Waals surface area (Å²) in [6.07, 6.45) is 7.72. The summed E-state index contributed by atoms with van der Waals surface area (Å²) in [5, 5.41) is 0. The molecule has 0 saturated carbocycles. The van der Waals surface area contributed by atoms with E-state index in [4.69, 9.17) is 4.74 Å². The van der Waals surface area contributed by atoms with Gasteiger partial charge in [-0.05, 0) is 18.6 Å². The minimum absolute atomic E-state index is 0.0343. The Morgan fingerprint density at radius 1 is 1.45 bits per heavy atom. The highest BCUT2D eigenvalue weighted by atomic mass is 16.5. The van der Waals surface area contributed by atoms with Gasteiger partial charge in [0, 0.05) is 29.8 Å². The number of allylic oxidation sites excluding steroid dienone is 1. The van der Waals surface area contributed by atoms with Crippen LogP contribution in [0.4, 0.5) is 0 Å². The Bertz CT molecular complexity index is 640. The van der Waals surface area contributed by atoms with Crippen molar-refractivity contribution in [1.29, 1.82) is 0 Å². The van der Waals surface area contributed by atoms with Crippen LogP contribution in [0, 0.1) is 0 Å². The van der Waals surface area contributed by atoms with Crippen molar-refractivity contribution in [3.8, 4) is 11.4 Å². The van der Waals surface area contributed by atoms with Gasteiger partial charge in [0.25, 0.3) is 0 Å². The maximum absolute atomic E-state index is 5.66. The Hall–Kier alpha value is -2.03. The van der Waals surface area contributed by atoms with E-state index in [2.05, 4.69) is 36.0 Å². The number of hydrogen-bond donors (Lipinski definition) is 0. The average molecular weight is 268 g/mol. The van der Waals surface area contributed by atoms with Gasteiger partial charge in [0.1, 0.15) is 11.6 Å². The van der Waals surface area contributed by atoms with Gasteiger partial charge >= 0.3 is 0 Å². The second kappa shape index (κ2) is 4.82. The minimum atomic E-state index is -0.0343. The summed E-state index contributed by atoms with van der Waals surface area (Å²) in [5.41, 5.74) is 2.43. The molecule has 0 radical (unpaired) electrons. The second-order valence-electron chi connectivity index (χ2n) is 5.85. The van der Waals surface area contributed by atoms with Crippen LogP contribution < -0.4 is 4.74 Å². The first-order valence-corrected chi connectivity index (χ1v) is 7.03. The van der Waals surface area contributed by atoms with Gasteiger partial charge in [-0.15, -0.1) is 6.58 Å². The van der Waals surface area contributed by atoms with Crippen LogP contribution in [0.15, 0.2) is 43.2 Å². The minimum Gasteiger partial charge on any atom is -0.493 e. The third-order valence-corrected chi connectivity index (χ3v) is 3.88. The predicted octanol–water partition coefficient (Wildman–Crippen LogP) is 3.66. The fourth-order valence-corrected chi connectivity index (χ4v) is 2.88. The SMILES string of the molecule is C=CCC(C)(C)c1nccn1-c1cccc2c1CCO2. The van der Waals surface area contributed by atoms with Crippen molar-refractivity contribution in [3.05, 3.63) is 54.6 Å². The van der Waals surface area contributed by atoms with E-state index < -0.39 is 0 Å². The topological polar surface area (TPSA) is 27.1 Å². The second-order valence-corrected chi connectivity index (χ2v) is 5.85. The van der Waals surface area contributed by atoms with Crippen molar-refractivity contribution in [2.45, 2.75) is 32.1 Å². The first-order chi connectivity index (χ1) is 9.63. The highest BCUT2D eigenvalue weighted by molar-refractivity contribution is 5.52. The van der Waals surface area contributed by atoms with E-state index >= 15 is 0 Å². The quantitative estimate of drug-likeness (QED) is 0.791. The van der Waals surface area contributed by atoms with Gasteiger partial charge < -0.3 is 9.30 Å². The van der Waals surface area contributed by atoms with Crippen LogP contribution >= 0.6 is 0 Å². The van der Waals surface area contributed by atoms with E-state index in [1.54, 1.807) is 0 Å². The summed E-state index contributed by atoms with van der Waals surface area (Å²) in [5.74, 6) is 2.07. The summed E-state index contributed by atoms with van der Waals surface area (Å²) in [7, 11) is 0. The van der Waals surface area contributed by atoms with E-state index in [9.17, 15) is 0 Å². The van der Waals surface area contributed by atoms with Crippen molar-refractivity contribution in [1.82, 2.24) is 9.55 Å². The van der Waals surface area contributed by atoms with Crippen LogP contribution in [-0.4, -0.2) is 16.2 Å². The molecule has 1 aliphatic heterocycles. The van der Waals surface area contributed by atoms with Crippen LogP contribution in [0.3, 0.4) is 0 Å². The number of aromatic nitrogens is 2. The molecule has 0 atom stereocenters. The Kier molecular flexibility index (Phi) is 3.13. The van der Waals surface area contributed by atoms with Gasteiger partial charge in [-0.3, -0.25) is 0 Å². The summed E-state index contributed by atoms with van der Waals surface area (Å²) >= 11 is 0. The summed E-state index contributed by atoms with van der Waals surface area (Å²) in [4.78, 5) is 4.58. The molecule has 0 spiro atoms. The molecule has 1 aliphatic rings. The molecule has 3 heteroatoms. The zero-order valence-electron chi connectivity index (χ0n) is 12.1. The van der Waals surface area contributed by atoms with E-state index in [1.165, 1.54) is 11.3 Å². The van der Waals surface area contributed by atoms with Gasteiger partial charge in [0.2, 0.25) is 0 Å². The zero-order chi connectivity index (χ0) is 14.2. The summed E-state index contributed by atoms with van der Waals surface area (Å²) in [6.45, 7) is 9.03. The molecule has 1 aromatic heterocycles. The number of rotatable bonds is 4. The molecular formula is C17H20N2O. The number of fused-ring (bicyclic) bond motifs is 1. The van der Waals surface area contributed by atoms with E-state index in [1.807, 2.05) is 30.6 Å². The maximum Gasteiger partial charge on any atom is 0.124 e. The highest BCUT2D eigenvalue weighted by Gasteiger charge is 2.26. The molecule has 3 rings (SSSR count). The largest absolute Gasteiger partial charge is 0.493 e. The number of benzene rings is 1. The molecule has 0 saturated heterocycles. The Balaban J connectivity index is 2.11. The molecule has 2 aromatic rings. The molecule has 0 aliphatic carbocycles. The van der Waals surface area contributed by atoms with E-state index in [0.29, 0.717) is 0 Å². The van der Waals surface area contributed by atoms with Gasteiger partial charge in [0.15, 0.2) is 0 Å². The van der Waals surface area contributed by atoms with Crippen molar-refractivity contribution in [3.63, 3.8) is 0 Å². The van der Waals surface area contributed by atoms with Crippen molar-refractivity contribution in [2.75, 3.05) is 6.61 Å². The molecule has 3 nitrogen and oxygen atoms in total. The van der Waals surface area contributed by atoms with Crippen molar-refractivity contribution in [2.24, 2.45) is 0 Å². The number of imidazole rings is 1. The predicted molar refractivity (Wildman–Crippen MR) is 80.6 cm³/mol. The van der Waals surface area contributed by atoms with Crippen LogP contribution in [-0.2, 0) is 11.8 Å². The normalized spacial score (nSPS) is 13.9. The number of ether oxygens (including phenoxy) is 1. The Morgan fingerprint density at radius 3 is 3.10 bits per heavy atom. The first-order valence-electron chi connectivity index (χ1n) is 7.03. The van der Waals surface area contributed by atoms with E-state index in [-0.39, 0.29) is 5.41 Å². The maximum atomic E-state index is 5.66. The third kappa shape index (κ3) is 2.03. The van der Waals surface area contributed by atoms with Gasteiger partial charge in [0.05, 0.1) is 12.3 Å². The lowest BCUT2D eigenvalue weighted by atomic mass is 9.88. The number of nitrogens with zero attached hydrogens (tertiary/aromatic N) is 2. The van der Waals surface area contributed by atoms with Crippen LogP contribution in [0.1, 0.15) is 31.7 Å². The monoisotopic (exact) mass is 268 g/mol. The zero-order valence-corrected chi connectivity index (χ0v) is 12.1. The van der Waals surface area contributed by atoms with Gasteiger partial charge in [-0.2, -0.15) is 0 Å². The van der Waals surface area contributed by atoms with Gasteiger partial charge in [-0.1, -0.05) is 26.0 Å². The fourth-order valence-electron chi connectivity index (χ4n) is 2.88. The number of hydrogen-bond acceptors (Lipinski definition) is 2. The molecule has 0 bridgehead atoms. The standard InChI is InChI=1S/C17H20N2O/c1-4-9-17(2,3)16-18-10-11-19(16)14-6-5-7-15-13(14)8-12-20-15/h4-7,10-11H,1,8-9,12H2,2-3H3. The smallest absolute Gasteiger partial charge is 0.124 e. The Labute approximate surface area is 119 Å². The van der Waals surface area contributed by atoms with Gasteiger partial charge in [-0.25, -0.2) is 4.98 Å². The Morgan fingerprint density at radius 2 is 2.30 bits per heavy atom. The summed E-state index contributed by atoms with van der Waals surface area (Å²) in [6, 6.07) is 6.23. The lowest BCUT2D eigenvalue weighted by Gasteiger charge is -2.24. The van der Waals surface area contributed by atoms with Crippen molar-refractivity contribution >= 4 is 0 Å². The molecular weight excluding hydrogens is 248 g/mol. The van der Waals surface area contributed by atoms with Crippen LogP contribution in [0.25, 0.3) is 5.69 Å².